The number of rotatable bonds is 7. The third-order valence-electron chi connectivity index (χ3n) is 5.16. The van der Waals surface area contributed by atoms with Crippen LogP contribution >= 0.6 is 0 Å². The third-order valence-corrected chi connectivity index (χ3v) is 5.16. The molecule has 0 spiro atoms. The van der Waals surface area contributed by atoms with Gasteiger partial charge in [0.25, 0.3) is 0 Å². The summed E-state index contributed by atoms with van der Waals surface area (Å²) in [5.74, 6) is 0.858. The molecular weight excluding hydrogens is 340 g/mol. The number of carbonyl (C=O) groups is 1. The molecule has 2 aromatic heterocycles. The molecule has 1 atom stereocenters. The minimum atomic E-state index is -0.00919. The Balaban J connectivity index is 1.43. The van der Waals surface area contributed by atoms with Crippen molar-refractivity contribution in [2.24, 2.45) is 0 Å². The molecular formula is C21H26N4O2. The van der Waals surface area contributed by atoms with Gasteiger partial charge in [-0.15, -0.1) is 0 Å². The maximum absolute atomic E-state index is 12.9. The number of carbonyl (C=O) groups excluding carboxylic acids is 1. The van der Waals surface area contributed by atoms with Crippen LogP contribution in [0.4, 0.5) is 4.79 Å². The lowest BCUT2D eigenvalue weighted by Crippen LogP contribution is -2.44. The molecule has 1 saturated carbocycles. The summed E-state index contributed by atoms with van der Waals surface area (Å²) in [7, 11) is 3.98. The Morgan fingerprint density at radius 2 is 2.15 bits per heavy atom. The van der Waals surface area contributed by atoms with Gasteiger partial charge in [-0.2, -0.15) is 0 Å². The molecule has 0 aliphatic heterocycles. The van der Waals surface area contributed by atoms with E-state index in [9.17, 15) is 4.79 Å². The van der Waals surface area contributed by atoms with Crippen molar-refractivity contribution in [3.05, 3.63) is 60.2 Å². The minimum Gasteiger partial charge on any atom is -0.468 e. The molecule has 6 heteroatoms. The van der Waals surface area contributed by atoms with E-state index < -0.39 is 0 Å². The van der Waals surface area contributed by atoms with E-state index in [0.717, 1.165) is 29.7 Å². The van der Waals surface area contributed by atoms with Crippen molar-refractivity contribution >= 4 is 16.9 Å². The van der Waals surface area contributed by atoms with Crippen LogP contribution in [0.1, 0.15) is 30.2 Å². The number of benzene rings is 1. The first-order valence-electron chi connectivity index (χ1n) is 9.42. The van der Waals surface area contributed by atoms with E-state index in [1.165, 1.54) is 5.39 Å². The first kappa shape index (κ1) is 17.7. The number of aromatic nitrogens is 1. The molecule has 0 saturated heterocycles. The number of likely N-dealkylation sites (N-methyl/N-ethyl adjacent to an activating group) is 1. The summed E-state index contributed by atoms with van der Waals surface area (Å²) in [5.41, 5.74) is 2.27. The van der Waals surface area contributed by atoms with Crippen molar-refractivity contribution < 1.29 is 9.21 Å². The number of amides is 2. The Labute approximate surface area is 159 Å². The summed E-state index contributed by atoms with van der Waals surface area (Å²) < 4.78 is 5.53. The summed E-state index contributed by atoms with van der Waals surface area (Å²) in [4.78, 5) is 20.1. The van der Waals surface area contributed by atoms with E-state index in [2.05, 4.69) is 39.5 Å². The van der Waals surface area contributed by atoms with Crippen molar-refractivity contribution in [3.63, 3.8) is 0 Å². The predicted octanol–water partition coefficient (Wildman–Crippen LogP) is 3.74. The highest BCUT2D eigenvalue weighted by Crippen LogP contribution is 2.29. The van der Waals surface area contributed by atoms with Gasteiger partial charge < -0.3 is 19.6 Å². The van der Waals surface area contributed by atoms with Gasteiger partial charge in [-0.05, 0) is 68.2 Å². The normalized spacial score (nSPS) is 15.2. The van der Waals surface area contributed by atoms with Crippen LogP contribution in [-0.2, 0) is 6.54 Å². The number of urea groups is 1. The molecule has 4 rings (SSSR count). The minimum absolute atomic E-state index is 0.00919. The van der Waals surface area contributed by atoms with Crippen molar-refractivity contribution in [1.29, 1.82) is 0 Å². The zero-order valence-electron chi connectivity index (χ0n) is 15.8. The molecule has 2 heterocycles. The first-order valence-corrected chi connectivity index (χ1v) is 9.42. The maximum Gasteiger partial charge on any atom is 0.318 e. The van der Waals surface area contributed by atoms with Gasteiger partial charge in [0.05, 0.1) is 12.3 Å². The zero-order valence-corrected chi connectivity index (χ0v) is 15.8. The summed E-state index contributed by atoms with van der Waals surface area (Å²) >= 11 is 0. The predicted molar refractivity (Wildman–Crippen MR) is 105 cm³/mol. The second-order valence-electron chi connectivity index (χ2n) is 7.44. The molecule has 3 aromatic rings. The number of H-pyrrole nitrogens is 1. The van der Waals surface area contributed by atoms with Crippen LogP contribution in [-0.4, -0.2) is 47.5 Å². The molecule has 2 amide bonds. The van der Waals surface area contributed by atoms with Gasteiger partial charge in [-0.25, -0.2) is 4.79 Å². The van der Waals surface area contributed by atoms with Gasteiger partial charge in [0.1, 0.15) is 5.76 Å². The Bertz CT molecular complexity index is 896. The number of hydrogen-bond donors (Lipinski definition) is 2. The summed E-state index contributed by atoms with van der Waals surface area (Å²) in [5, 5.41) is 4.28. The highest BCUT2D eigenvalue weighted by Gasteiger charge is 2.33. The van der Waals surface area contributed by atoms with Gasteiger partial charge >= 0.3 is 6.03 Å². The fraction of sp³-hybridized carbons (Fsp3) is 0.381. The topological polar surface area (TPSA) is 64.5 Å². The lowest BCUT2D eigenvalue weighted by Gasteiger charge is -2.27. The van der Waals surface area contributed by atoms with E-state index in [4.69, 9.17) is 4.42 Å². The molecule has 0 bridgehead atoms. The highest BCUT2D eigenvalue weighted by atomic mass is 16.3. The van der Waals surface area contributed by atoms with Gasteiger partial charge in [0.2, 0.25) is 0 Å². The number of aromatic amines is 1. The lowest BCUT2D eigenvalue weighted by molar-refractivity contribution is 0.184. The number of fused-ring (bicyclic) bond motifs is 1. The summed E-state index contributed by atoms with van der Waals surface area (Å²) in [6.45, 7) is 1.14. The standard InChI is InChI=1S/C21H26N4O2/c1-24(2)19(20-4-3-11-27-20)13-23-21(26)25(17-6-7-17)14-15-5-8-18-16(12-15)9-10-22-18/h3-5,8-12,17,19,22H,6-7,13-14H2,1-2H3,(H,23,26)/t19-/m0/s1. The largest absolute Gasteiger partial charge is 0.468 e. The van der Waals surface area contributed by atoms with Crippen molar-refractivity contribution in [1.82, 2.24) is 20.1 Å². The Morgan fingerprint density at radius 3 is 2.85 bits per heavy atom. The van der Waals surface area contributed by atoms with Gasteiger partial charge in [-0.3, -0.25) is 4.90 Å². The fourth-order valence-corrected chi connectivity index (χ4v) is 3.45. The third kappa shape index (κ3) is 4.01. The van der Waals surface area contributed by atoms with E-state index in [0.29, 0.717) is 19.1 Å². The molecule has 0 unspecified atom stereocenters. The average Bonchev–Trinajstić information content (AvgIpc) is 3.15. The number of furan rings is 1. The Kier molecular flexibility index (Phi) is 4.90. The fourth-order valence-electron chi connectivity index (χ4n) is 3.45. The second kappa shape index (κ2) is 7.48. The van der Waals surface area contributed by atoms with Crippen molar-refractivity contribution in [2.45, 2.75) is 31.5 Å². The zero-order chi connectivity index (χ0) is 18.8. The van der Waals surface area contributed by atoms with Crippen LogP contribution < -0.4 is 5.32 Å². The Morgan fingerprint density at radius 1 is 1.30 bits per heavy atom. The number of nitrogens with one attached hydrogen (secondary N) is 2. The van der Waals surface area contributed by atoms with Crippen LogP contribution in [0.25, 0.3) is 10.9 Å². The van der Waals surface area contributed by atoms with Crippen molar-refractivity contribution in [3.8, 4) is 0 Å². The number of nitrogens with zero attached hydrogens (tertiary/aromatic N) is 2. The molecule has 0 radical (unpaired) electrons. The lowest BCUT2D eigenvalue weighted by atomic mass is 10.1. The smallest absolute Gasteiger partial charge is 0.318 e. The van der Waals surface area contributed by atoms with Crippen LogP contribution in [0.3, 0.4) is 0 Å². The van der Waals surface area contributed by atoms with Crippen LogP contribution in [0.2, 0.25) is 0 Å². The number of hydrogen-bond acceptors (Lipinski definition) is 3. The second-order valence-corrected chi connectivity index (χ2v) is 7.44. The highest BCUT2D eigenvalue weighted by molar-refractivity contribution is 5.80. The van der Waals surface area contributed by atoms with Gasteiger partial charge in [0.15, 0.2) is 0 Å². The molecule has 1 aliphatic rings. The van der Waals surface area contributed by atoms with E-state index >= 15 is 0 Å². The summed E-state index contributed by atoms with van der Waals surface area (Å²) in [6, 6.07) is 12.5. The molecule has 6 nitrogen and oxygen atoms in total. The van der Waals surface area contributed by atoms with Crippen LogP contribution in [0.15, 0.2) is 53.3 Å². The monoisotopic (exact) mass is 366 g/mol. The molecule has 27 heavy (non-hydrogen) atoms. The SMILES string of the molecule is CN(C)[C@@H](CNC(=O)N(Cc1ccc2[nH]ccc2c1)C1CC1)c1ccco1. The van der Waals surface area contributed by atoms with Crippen molar-refractivity contribution in [2.75, 3.05) is 20.6 Å². The average molecular weight is 366 g/mol. The molecule has 1 fully saturated rings. The van der Waals surface area contributed by atoms with Crippen LogP contribution in [0, 0.1) is 0 Å². The molecule has 1 aromatic carbocycles. The molecule has 142 valence electrons. The first-order chi connectivity index (χ1) is 13.1. The van der Waals surface area contributed by atoms with Crippen LogP contribution in [0.5, 0.6) is 0 Å². The van der Waals surface area contributed by atoms with Gasteiger partial charge in [-0.1, -0.05) is 6.07 Å². The van der Waals surface area contributed by atoms with E-state index in [-0.39, 0.29) is 12.1 Å². The van der Waals surface area contributed by atoms with E-state index in [1.54, 1.807) is 6.26 Å². The summed E-state index contributed by atoms with van der Waals surface area (Å²) in [6.07, 6.45) is 5.77. The molecule has 2 N–H and O–H groups in total. The van der Waals surface area contributed by atoms with E-state index in [1.807, 2.05) is 37.3 Å². The molecule has 1 aliphatic carbocycles. The quantitative estimate of drug-likeness (QED) is 0.669. The van der Waals surface area contributed by atoms with Gasteiger partial charge in [0, 0.05) is 30.8 Å². The Hall–Kier alpha value is -2.73. The maximum atomic E-state index is 12.9.